The summed E-state index contributed by atoms with van der Waals surface area (Å²) in [7, 11) is 0. The summed E-state index contributed by atoms with van der Waals surface area (Å²) in [6.45, 7) is 5.23. The molecule has 9 heteroatoms. The van der Waals surface area contributed by atoms with E-state index in [1.807, 2.05) is 36.4 Å². The molecule has 3 N–H and O–H groups in total. The van der Waals surface area contributed by atoms with Crippen molar-refractivity contribution in [3.05, 3.63) is 53.7 Å². The maximum absolute atomic E-state index is 12.2. The molecule has 1 amide bonds. The second kappa shape index (κ2) is 7.88. The van der Waals surface area contributed by atoms with E-state index in [2.05, 4.69) is 25.5 Å². The normalized spacial score (nSPS) is 11.5. The lowest BCUT2D eigenvalue weighted by atomic mass is 10.0. The number of hydrogen-bond donors (Lipinski definition) is 3. The van der Waals surface area contributed by atoms with E-state index in [-0.39, 0.29) is 5.82 Å². The van der Waals surface area contributed by atoms with Gasteiger partial charge in [0.25, 0.3) is 5.88 Å². The van der Waals surface area contributed by atoms with Crippen LogP contribution in [0.15, 0.2) is 48.7 Å². The lowest BCUT2D eigenvalue weighted by Crippen LogP contribution is -2.27. The Morgan fingerprint density at radius 3 is 2.52 bits per heavy atom. The van der Waals surface area contributed by atoms with E-state index < -0.39 is 17.6 Å². The molecular formula is C22H20ClN5O3. The van der Waals surface area contributed by atoms with Gasteiger partial charge in [-0.2, -0.15) is 5.10 Å². The number of anilines is 1. The fourth-order valence-electron chi connectivity index (χ4n) is 3.06. The van der Waals surface area contributed by atoms with Gasteiger partial charge in [-0.15, -0.1) is 0 Å². The molecule has 2 aromatic carbocycles. The molecule has 0 atom stereocenters. The Bertz CT molecular complexity index is 1270. The first-order chi connectivity index (χ1) is 14.7. The van der Waals surface area contributed by atoms with Gasteiger partial charge in [0.2, 0.25) is 0 Å². The molecule has 0 fully saturated rings. The van der Waals surface area contributed by atoms with Crippen molar-refractivity contribution in [3.63, 3.8) is 0 Å². The van der Waals surface area contributed by atoms with Crippen LogP contribution in [0.2, 0.25) is 5.02 Å². The summed E-state index contributed by atoms with van der Waals surface area (Å²) in [4.78, 5) is 21.0. The molecule has 0 unspecified atom stereocenters. The fraction of sp³-hybridized carbons (Fsp3) is 0.182. The van der Waals surface area contributed by atoms with Crippen LogP contribution in [0.25, 0.3) is 33.4 Å². The van der Waals surface area contributed by atoms with Crippen molar-refractivity contribution in [2.24, 2.45) is 0 Å². The van der Waals surface area contributed by atoms with Gasteiger partial charge in [-0.05, 0) is 32.9 Å². The molecule has 4 aromatic rings. The summed E-state index contributed by atoms with van der Waals surface area (Å²) in [5, 5.41) is 21.1. The lowest BCUT2D eigenvalue weighted by Gasteiger charge is -2.20. The number of aromatic nitrogens is 4. The SMILES string of the molecule is CC(C)(C)OC(=O)Nc1nc(-c2ccccc2)c(-c2cc(Cl)c3[nH]ncc3c2)nc1O. The van der Waals surface area contributed by atoms with Gasteiger partial charge in [0.05, 0.1) is 22.4 Å². The molecule has 2 aromatic heterocycles. The number of nitrogens with one attached hydrogen (secondary N) is 2. The van der Waals surface area contributed by atoms with Crippen LogP contribution in [0.3, 0.4) is 0 Å². The van der Waals surface area contributed by atoms with Crippen LogP contribution in [0, 0.1) is 0 Å². The van der Waals surface area contributed by atoms with Gasteiger partial charge in [0.15, 0.2) is 5.82 Å². The van der Waals surface area contributed by atoms with E-state index in [0.29, 0.717) is 27.5 Å². The van der Waals surface area contributed by atoms with Gasteiger partial charge in [-0.1, -0.05) is 41.9 Å². The van der Waals surface area contributed by atoms with Crippen molar-refractivity contribution in [2.75, 3.05) is 5.32 Å². The van der Waals surface area contributed by atoms with E-state index in [9.17, 15) is 9.90 Å². The predicted molar refractivity (Wildman–Crippen MR) is 119 cm³/mol. The smallest absolute Gasteiger partial charge is 0.413 e. The van der Waals surface area contributed by atoms with Gasteiger partial charge in [0, 0.05) is 16.5 Å². The number of halogens is 1. The number of aromatic hydroxyl groups is 1. The van der Waals surface area contributed by atoms with E-state index in [0.717, 1.165) is 10.9 Å². The lowest BCUT2D eigenvalue weighted by molar-refractivity contribution is 0.0634. The average molecular weight is 438 g/mol. The third-order valence-electron chi connectivity index (χ3n) is 4.32. The zero-order valence-electron chi connectivity index (χ0n) is 17.1. The van der Waals surface area contributed by atoms with Crippen molar-refractivity contribution < 1.29 is 14.6 Å². The van der Waals surface area contributed by atoms with Gasteiger partial charge in [-0.25, -0.2) is 14.8 Å². The number of carbonyl (C=O) groups is 1. The Kier molecular flexibility index (Phi) is 5.24. The first-order valence-corrected chi connectivity index (χ1v) is 9.88. The number of nitrogens with zero attached hydrogens (tertiary/aromatic N) is 3. The maximum atomic E-state index is 12.2. The van der Waals surface area contributed by atoms with Crippen LogP contribution < -0.4 is 5.32 Å². The highest BCUT2D eigenvalue weighted by Gasteiger charge is 2.22. The molecule has 0 saturated heterocycles. The zero-order valence-corrected chi connectivity index (χ0v) is 17.9. The minimum absolute atomic E-state index is 0.104. The Hall–Kier alpha value is -3.65. The van der Waals surface area contributed by atoms with E-state index in [4.69, 9.17) is 16.3 Å². The van der Waals surface area contributed by atoms with Gasteiger partial charge < -0.3 is 9.84 Å². The Labute approximate surface area is 183 Å². The number of amides is 1. The second-order valence-corrected chi connectivity index (χ2v) is 8.29. The summed E-state index contributed by atoms with van der Waals surface area (Å²) in [5.41, 5.74) is 2.26. The molecule has 2 heterocycles. The number of carbonyl (C=O) groups excluding carboxylic acids is 1. The molecule has 0 spiro atoms. The number of hydrogen-bond acceptors (Lipinski definition) is 6. The summed E-state index contributed by atoms with van der Waals surface area (Å²) in [6.07, 6.45) is 0.908. The molecule has 4 rings (SSSR count). The van der Waals surface area contributed by atoms with Crippen molar-refractivity contribution in [2.45, 2.75) is 26.4 Å². The standard InChI is InChI=1S/C22H20ClN5O3/c1-22(2,3)31-21(30)27-19-20(29)26-18(17(25-19)12-7-5-4-6-8-12)13-9-14-11-24-28-16(14)15(23)10-13/h4-11H,1-3H3,(H,24,28)(H,26,29)(H,25,27,30). The number of benzene rings is 2. The molecule has 0 aliphatic carbocycles. The Balaban J connectivity index is 1.85. The first-order valence-electron chi connectivity index (χ1n) is 9.51. The topological polar surface area (TPSA) is 113 Å². The van der Waals surface area contributed by atoms with Gasteiger partial charge in [0.1, 0.15) is 11.3 Å². The van der Waals surface area contributed by atoms with Crippen molar-refractivity contribution in [1.29, 1.82) is 0 Å². The highest BCUT2D eigenvalue weighted by molar-refractivity contribution is 6.35. The molecule has 8 nitrogen and oxygen atoms in total. The molecule has 0 aliphatic heterocycles. The predicted octanol–water partition coefficient (Wildman–Crippen LogP) is 5.39. The Morgan fingerprint density at radius 1 is 1.10 bits per heavy atom. The number of aromatic amines is 1. The van der Waals surface area contributed by atoms with E-state index >= 15 is 0 Å². The summed E-state index contributed by atoms with van der Waals surface area (Å²) < 4.78 is 5.26. The Morgan fingerprint density at radius 2 is 1.81 bits per heavy atom. The number of H-pyrrole nitrogens is 1. The average Bonchev–Trinajstić information content (AvgIpc) is 3.18. The van der Waals surface area contributed by atoms with Crippen LogP contribution in [-0.4, -0.2) is 37.0 Å². The van der Waals surface area contributed by atoms with Crippen LogP contribution in [0.4, 0.5) is 10.6 Å². The molecule has 0 aliphatic rings. The molecule has 158 valence electrons. The highest BCUT2D eigenvalue weighted by Crippen LogP contribution is 2.36. The summed E-state index contributed by atoms with van der Waals surface area (Å²) in [6, 6.07) is 12.9. The number of fused-ring (bicyclic) bond motifs is 1. The third-order valence-corrected chi connectivity index (χ3v) is 4.62. The van der Waals surface area contributed by atoms with Crippen LogP contribution in [0.5, 0.6) is 5.88 Å². The van der Waals surface area contributed by atoms with E-state index in [1.165, 1.54) is 0 Å². The van der Waals surface area contributed by atoms with Crippen LogP contribution >= 0.6 is 11.6 Å². The second-order valence-electron chi connectivity index (χ2n) is 7.88. The van der Waals surface area contributed by atoms with Crippen LogP contribution in [0.1, 0.15) is 20.8 Å². The van der Waals surface area contributed by atoms with Crippen molar-refractivity contribution in [3.8, 4) is 28.4 Å². The monoisotopic (exact) mass is 437 g/mol. The van der Waals surface area contributed by atoms with Gasteiger partial charge in [-0.3, -0.25) is 10.4 Å². The summed E-state index contributed by atoms with van der Waals surface area (Å²) in [5.74, 6) is -0.545. The fourth-order valence-corrected chi connectivity index (χ4v) is 3.33. The van der Waals surface area contributed by atoms with Crippen molar-refractivity contribution >= 4 is 34.4 Å². The zero-order chi connectivity index (χ0) is 22.2. The minimum atomic E-state index is -0.744. The molecule has 0 bridgehead atoms. The molecule has 31 heavy (non-hydrogen) atoms. The largest absolute Gasteiger partial charge is 0.491 e. The number of rotatable bonds is 3. The quantitative estimate of drug-likeness (QED) is 0.396. The summed E-state index contributed by atoms with van der Waals surface area (Å²) >= 11 is 6.40. The van der Waals surface area contributed by atoms with E-state index in [1.54, 1.807) is 33.0 Å². The third kappa shape index (κ3) is 4.44. The molecular weight excluding hydrogens is 418 g/mol. The minimum Gasteiger partial charge on any atom is -0.491 e. The van der Waals surface area contributed by atoms with Crippen molar-refractivity contribution in [1.82, 2.24) is 20.2 Å². The highest BCUT2D eigenvalue weighted by atomic mass is 35.5. The molecule has 0 radical (unpaired) electrons. The maximum Gasteiger partial charge on any atom is 0.413 e. The van der Waals surface area contributed by atoms with Crippen LogP contribution in [-0.2, 0) is 4.74 Å². The molecule has 0 saturated carbocycles. The first kappa shape index (κ1) is 20.6. The number of ether oxygens (including phenoxy) is 1. The van der Waals surface area contributed by atoms with Gasteiger partial charge >= 0.3 is 6.09 Å².